The van der Waals surface area contributed by atoms with Gasteiger partial charge in [0.1, 0.15) is 16.0 Å². The van der Waals surface area contributed by atoms with Crippen LogP contribution in [0.5, 0.6) is 0 Å². The molecule has 6 nitrogen and oxygen atoms in total. The molecule has 1 fully saturated rings. The van der Waals surface area contributed by atoms with Crippen LogP contribution in [0.3, 0.4) is 0 Å². The summed E-state index contributed by atoms with van der Waals surface area (Å²) in [6, 6.07) is 0. The Hall–Kier alpha value is -1.47. The molecule has 2 rings (SSSR count). The highest BCUT2D eigenvalue weighted by Crippen LogP contribution is 2.20. The van der Waals surface area contributed by atoms with Crippen molar-refractivity contribution >= 4 is 24.0 Å². The summed E-state index contributed by atoms with van der Waals surface area (Å²) in [5, 5.41) is 0. The van der Waals surface area contributed by atoms with Crippen molar-refractivity contribution in [1.82, 2.24) is 9.55 Å². The first-order valence-corrected chi connectivity index (χ1v) is 6.61. The minimum Gasteiger partial charge on any atom is -0.462 e. The van der Waals surface area contributed by atoms with Crippen LogP contribution in [0.25, 0.3) is 0 Å². The molecule has 0 atom stereocenters. The van der Waals surface area contributed by atoms with Gasteiger partial charge in [-0.25, -0.2) is 9.78 Å². The molecule has 0 amide bonds. The number of carbonyl (C=O) groups is 1. The van der Waals surface area contributed by atoms with Crippen molar-refractivity contribution in [2.45, 2.75) is 6.92 Å². The molecule has 1 saturated heterocycles. The molecule has 0 spiro atoms. The largest absolute Gasteiger partial charge is 0.462 e. The summed E-state index contributed by atoms with van der Waals surface area (Å²) in [6.45, 7) is 4.72. The standard InChI is InChI=1S/C12H17N3O3S/c1-3-18-12(16)9-10(13-8-14(2)11(9)19)15-4-6-17-7-5-15/h8H,3-7H2,1-2H3. The SMILES string of the molecule is CCOC(=O)c1c(N2CCOCC2)ncn(C)c1=S. The van der Waals surface area contributed by atoms with Gasteiger partial charge in [-0.1, -0.05) is 12.2 Å². The molecule has 1 aliphatic heterocycles. The third-order valence-electron chi connectivity index (χ3n) is 2.90. The molecule has 19 heavy (non-hydrogen) atoms. The first-order valence-electron chi connectivity index (χ1n) is 6.20. The van der Waals surface area contributed by atoms with Crippen LogP contribution in [-0.4, -0.2) is 48.4 Å². The van der Waals surface area contributed by atoms with Gasteiger partial charge in [0.25, 0.3) is 0 Å². The normalized spacial score (nSPS) is 15.4. The van der Waals surface area contributed by atoms with Crippen LogP contribution in [-0.2, 0) is 16.5 Å². The molecular formula is C12H17N3O3S. The fourth-order valence-electron chi connectivity index (χ4n) is 1.93. The number of hydrogen-bond donors (Lipinski definition) is 0. The van der Waals surface area contributed by atoms with Crippen LogP contribution < -0.4 is 4.90 Å². The van der Waals surface area contributed by atoms with E-state index < -0.39 is 5.97 Å². The molecule has 0 unspecified atom stereocenters. The summed E-state index contributed by atoms with van der Waals surface area (Å²) in [4.78, 5) is 18.4. The van der Waals surface area contributed by atoms with Crippen molar-refractivity contribution in [3.05, 3.63) is 16.5 Å². The topological polar surface area (TPSA) is 56.6 Å². The van der Waals surface area contributed by atoms with E-state index in [0.717, 1.165) is 0 Å². The van der Waals surface area contributed by atoms with E-state index in [1.807, 2.05) is 4.90 Å². The Balaban J connectivity index is 2.44. The highest BCUT2D eigenvalue weighted by Gasteiger charge is 2.23. The second kappa shape index (κ2) is 6.12. The first-order chi connectivity index (χ1) is 9.15. The van der Waals surface area contributed by atoms with Crippen molar-refractivity contribution in [2.75, 3.05) is 37.8 Å². The molecule has 104 valence electrons. The number of hydrogen-bond acceptors (Lipinski definition) is 6. The lowest BCUT2D eigenvalue weighted by Gasteiger charge is -2.29. The highest BCUT2D eigenvalue weighted by atomic mass is 32.1. The zero-order valence-corrected chi connectivity index (χ0v) is 11.9. The van der Waals surface area contributed by atoms with Gasteiger partial charge < -0.3 is 18.9 Å². The smallest absolute Gasteiger partial charge is 0.344 e. The van der Waals surface area contributed by atoms with Gasteiger partial charge in [0.2, 0.25) is 0 Å². The second-order valence-electron chi connectivity index (χ2n) is 4.18. The van der Waals surface area contributed by atoms with Gasteiger partial charge in [-0.05, 0) is 6.92 Å². The summed E-state index contributed by atoms with van der Waals surface area (Å²) < 4.78 is 12.5. The predicted octanol–water partition coefficient (Wildman–Crippen LogP) is 1.16. The van der Waals surface area contributed by atoms with Crippen LogP contribution in [0.4, 0.5) is 5.82 Å². The van der Waals surface area contributed by atoms with E-state index in [9.17, 15) is 4.79 Å². The van der Waals surface area contributed by atoms with Gasteiger partial charge in [-0.2, -0.15) is 0 Å². The Kier molecular flexibility index (Phi) is 4.49. The Morgan fingerprint density at radius 3 is 2.84 bits per heavy atom. The third kappa shape index (κ3) is 2.93. The van der Waals surface area contributed by atoms with Gasteiger partial charge in [-0.15, -0.1) is 0 Å². The van der Waals surface area contributed by atoms with E-state index in [1.54, 1.807) is 24.9 Å². The number of ether oxygens (including phenoxy) is 2. The zero-order chi connectivity index (χ0) is 13.8. The number of esters is 1. The molecule has 0 radical (unpaired) electrons. The van der Waals surface area contributed by atoms with Crippen molar-refractivity contribution in [3.8, 4) is 0 Å². The molecule has 1 aliphatic rings. The Morgan fingerprint density at radius 2 is 2.21 bits per heavy atom. The molecule has 0 N–H and O–H groups in total. The Labute approximate surface area is 117 Å². The van der Waals surface area contributed by atoms with Crippen molar-refractivity contribution in [1.29, 1.82) is 0 Å². The number of morpholine rings is 1. The van der Waals surface area contributed by atoms with Gasteiger partial charge in [0, 0.05) is 20.1 Å². The molecule has 1 aromatic rings. The number of aromatic nitrogens is 2. The van der Waals surface area contributed by atoms with E-state index in [2.05, 4.69) is 4.98 Å². The molecule has 0 saturated carbocycles. The number of aryl methyl sites for hydroxylation is 1. The van der Waals surface area contributed by atoms with E-state index in [0.29, 0.717) is 48.9 Å². The maximum Gasteiger partial charge on any atom is 0.344 e. The summed E-state index contributed by atoms with van der Waals surface area (Å²) >= 11 is 5.30. The lowest BCUT2D eigenvalue weighted by Crippen LogP contribution is -2.38. The summed E-state index contributed by atoms with van der Waals surface area (Å²) in [6.07, 6.45) is 1.62. The molecule has 7 heteroatoms. The monoisotopic (exact) mass is 283 g/mol. The average molecular weight is 283 g/mol. The van der Waals surface area contributed by atoms with Crippen molar-refractivity contribution in [2.24, 2.45) is 7.05 Å². The van der Waals surface area contributed by atoms with Gasteiger partial charge in [-0.3, -0.25) is 0 Å². The van der Waals surface area contributed by atoms with E-state index in [1.165, 1.54) is 0 Å². The minimum atomic E-state index is -0.419. The fraction of sp³-hybridized carbons (Fsp3) is 0.583. The maximum absolute atomic E-state index is 12.1. The molecular weight excluding hydrogens is 266 g/mol. The number of anilines is 1. The third-order valence-corrected chi connectivity index (χ3v) is 3.39. The van der Waals surface area contributed by atoms with Gasteiger partial charge >= 0.3 is 5.97 Å². The lowest BCUT2D eigenvalue weighted by atomic mass is 10.2. The summed E-state index contributed by atoms with van der Waals surface area (Å²) in [7, 11) is 1.77. The summed E-state index contributed by atoms with van der Waals surface area (Å²) in [5.74, 6) is 0.169. The highest BCUT2D eigenvalue weighted by molar-refractivity contribution is 7.71. The number of carbonyl (C=O) groups excluding carboxylic acids is 1. The quantitative estimate of drug-likeness (QED) is 0.613. The van der Waals surface area contributed by atoms with Crippen molar-refractivity contribution < 1.29 is 14.3 Å². The van der Waals surface area contributed by atoms with Crippen LogP contribution in [0.15, 0.2) is 6.33 Å². The predicted molar refractivity (Wildman–Crippen MR) is 73.0 cm³/mol. The van der Waals surface area contributed by atoms with E-state index in [-0.39, 0.29) is 0 Å². The second-order valence-corrected chi connectivity index (χ2v) is 4.57. The first kappa shape index (κ1) is 14.0. The lowest BCUT2D eigenvalue weighted by molar-refractivity contribution is 0.0524. The molecule has 0 bridgehead atoms. The van der Waals surface area contributed by atoms with Crippen LogP contribution in [0.1, 0.15) is 17.3 Å². The Bertz CT molecular complexity index is 523. The van der Waals surface area contributed by atoms with Crippen LogP contribution in [0.2, 0.25) is 0 Å². The molecule has 2 heterocycles. The van der Waals surface area contributed by atoms with Crippen molar-refractivity contribution in [3.63, 3.8) is 0 Å². The fourth-order valence-corrected chi connectivity index (χ4v) is 2.15. The average Bonchev–Trinajstić information content (AvgIpc) is 2.42. The molecule has 0 aliphatic carbocycles. The van der Waals surface area contributed by atoms with Gasteiger partial charge in [0.15, 0.2) is 0 Å². The van der Waals surface area contributed by atoms with E-state index >= 15 is 0 Å². The minimum absolute atomic E-state index is 0.314. The number of rotatable bonds is 3. The van der Waals surface area contributed by atoms with Crippen LogP contribution in [0, 0.1) is 4.64 Å². The molecule has 1 aromatic heterocycles. The maximum atomic E-state index is 12.1. The van der Waals surface area contributed by atoms with Gasteiger partial charge in [0.05, 0.1) is 26.1 Å². The zero-order valence-electron chi connectivity index (χ0n) is 11.1. The number of nitrogens with zero attached hydrogens (tertiary/aromatic N) is 3. The van der Waals surface area contributed by atoms with E-state index in [4.69, 9.17) is 21.7 Å². The van der Waals surface area contributed by atoms with Crippen LogP contribution >= 0.6 is 12.2 Å². The Morgan fingerprint density at radius 1 is 1.53 bits per heavy atom. The summed E-state index contributed by atoms with van der Waals surface area (Å²) in [5.41, 5.74) is 0.365. The molecule has 0 aromatic carbocycles.